The van der Waals surface area contributed by atoms with Crippen molar-refractivity contribution in [3.05, 3.63) is 58.7 Å². The van der Waals surface area contributed by atoms with E-state index in [9.17, 15) is 0 Å². The van der Waals surface area contributed by atoms with Gasteiger partial charge in [-0.3, -0.25) is 0 Å². The number of methoxy groups -OCH3 is 4. The van der Waals surface area contributed by atoms with Gasteiger partial charge in [-0.1, -0.05) is 17.7 Å². The van der Waals surface area contributed by atoms with Crippen LogP contribution in [0.1, 0.15) is 36.0 Å². The van der Waals surface area contributed by atoms with Gasteiger partial charge in [-0.25, -0.2) is 0 Å². The molecule has 1 aliphatic rings. The monoisotopic (exact) mass is 439 g/mol. The van der Waals surface area contributed by atoms with Crippen LogP contribution in [0.15, 0.2) is 42.0 Å². The van der Waals surface area contributed by atoms with E-state index in [-0.39, 0.29) is 0 Å². The third-order valence-corrected chi connectivity index (χ3v) is 6.31. The lowest BCUT2D eigenvalue weighted by Gasteiger charge is -2.16. The maximum atomic E-state index is 5.48. The van der Waals surface area contributed by atoms with Crippen molar-refractivity contribution in [2.45, 2.75) is 38.5 Å². The quantitative estimate of drug-likeness (QED) is 0.381. The first-order chi connectivity index (χ1) is 15.6. The molecule has 32 heavy (non-hydrogen) atoms. The van der Waals surface area contributed by atoms with Crippen LogP contribution in [0.2, 0.25) is 0 Å². The molecular weight excluding hydrogens is 402 g/mol. The van der Waals surface area contributed by atoms with Gasteiger partial charge < -0.3 is 23.8 Å². The van der Waals surface area contributed by atoms with Crippen molar-refractivity contribution in [2.24, 2.45) is 0 Å². The fourth-order valence-electron chi connectivity index (χ4n) is 4.31. The minimum absolute atomic E-state index is 0.777. The molecule has 0 bridgehead atoms. The summed E-state index contributed by atoms with van der Waals surface area (Å²) >= 11 is 0. The molecule has 0 aliphatic heterocycles. The fraction of sp³-hybridized carbons (Fsp3) is 0.481. The summed E-state index contributed by atoms with van der Waals surface area (Å²) in [7, 11) is 8.95. The topological polar surface area (TPSA) is 40.2 Å². The lowest BCUT2D eigenvalue weighted by atomic mass is 10.0. The molecule has 1 aliphatic carbocycles. The van der Waals surface area contributed by atoms with E-state index in [1.807, 2.05) is 6.07 Å². The molecule has 0 saturated heterocycles. The number of benzene rings is 2. The molecule has 2 aromatic carbocycles. The lowest BCUT2D eigenvalue weighted by molar-refractivity contribution is 0.342. The molecule has 0 radical (unpaired) electrons. The Bertz CT molecular complexity index is 885. The number of likely N-dealkylation sites (N-methyl/N-ethyl adjacent to an activating group) is 1. The van der Waals surface area contributed by atoms with E-state index in [2.05, 4.69) is 42.3 Å². The molecule has 0 heterocycles. The van der Waals surface area contributed by atoms with Crippen LogP contribution >= 0.6 is 0 Å². The van der Waals surface area contributed by atoms with Gasteiger partial charge in [0.25, 0.3) is 0 Å². The highest BCUT2D eigenvalue weighted by Gasteiger charge is 2.15. The van der Waals surface area contributed by atoms with Crippen molar-refractivity contribution < 1.29 is 18.9 Å². The Morgan fingerprint density at radius 1 is 0.719 bits per heavy atom. The van der Waals surface area contributed by atoms with Crippen LogP contribution in [0.4, 0.5) is 0 Å². The molecule has 0 spiro atoms. The van der Waals surface area contributed by atoms with E-state index in [4.69, 9.17) is 18.9 Å². The van der Waals surface area contributed by atoms with Crippen molar-refractivity contribution in [1.29, 1.82) is 0 Å². The highest BCUT2D eigenvalue weighted by Crippen LogP contribution is 2.34. The average molecular weight is 440 g/mol. The van der Waals surface area contributed by atoms with Crippen LogP contribution in [0.5, 0.6) is 23.0 Å². The minimum Gasteiger partial charge on any atom is -0.493 e. The molecular formula is C27H37NO4. The second kappa shape index (κ2) is 11.8. The number of ether oxygens (including phenoxy) is 4. The third-order valence-electron chi connectivity index (χ3n) is 6.31. The molecule has 2 aromatic rings. The maximum Gasteiger partial charge on any atom is 0.161 e. The van der Waals surface area contributed by atoms with Crippen molar-refractivity contribution >= 4 is 0 Å². The van der Waals surface area contributed by atoms with Gasteiger partial charge >= 0.3 is 0 Å². The molecule has 0 atom stereocenters. The van der Waals surface area contributed by atoms with Crippen LogP contribution in [0.25, 0.3) is 0 Å². The Morgan fingerprint density at radius 3 is 1.84 bits per heavy atom. The predicted molar refractivity (Wildman–Crippen MR) is 130 cm³/mol. The summed E-state index contributed by atoms with van der Waals surface area (Å²) < 4.78 is 21.7. The predicted octanol–water partition coefficient (Wildman–Crippen LogP) is 5.09. The fourth-order valence-corrected chi connectivity index (χ4v) is 4.31. The standard InChI is InChI=1S/C27H37NO4/c1-28(16-14-21-10-13-24(29-2)25(17-21)30-3)15-6-7-20-8-11-22-18-26(31-4)27(32-5)19-23(22)12-9-20/h7,10,13,17-19H,6,8-9,11-12,14-16H2,1-5H3. The highest BCUT2D eigenvalue weighted by molar-refractivity contribution is 5.48. The summed E-state index contributed by atoms with van der Waals surface area (Å²) in [6.07, 6.45) is 8.91. The maximum absolute atomic E-state index is 5.48. The molecule has 0 amide bonds. The zero-order valence-electron chi connectivity index (χ0n) is 20.2. The van der Waals surface area contributed by atoms with Crippen LogP contribution < -0.4 is 18.9 Å². The molecule has 0 unspecified atom stereocenters. The first kappa shape index (κ1) is 24.0. The van der Waals surface area contributed by atoms with Gasteiger partial charge in [0.05, 0.1) is 28.4 Å². The number of allylic oxidation sites excluding steroid dienone is 1. The van der Waals surface area contributed by atoms with E-state index in [1.165, 1.54) is 16.7 Å². The van der Waals surface area contributed by atoms with Crippen molar-refractivity contribution in [1.82, 2.24) is 4.90 Å². The minimum atomic E-state index is 0.777. The first-order valence-corrected chi connectivity index (χ1v) is 11.4. The Kier molecular flexibility index (Phi) is 8.86. The van der Waals surface area contributed by atoms with Crippen molar-refractivity contribution in [3.8, 4) is 23.0 Å². The zero-order valence-corrected chi connectivity index (χ0v) is 20.2. The largest absolute Gasteiger partial charge is 0.493 e. The third kappa shape index (κ3) is 6.19. The molecule has 0 saturated carbocycles. The number of hydrogen-bond acceptors (Lipinski definition) is 5. The van der Waals surface area contributed by atoms with Gasteiger partial charge in [0.15, 0.2) is 23.0 Å². The van der Waals surface area contributed by atoms with Crippen LogP contribution in [-0.4, -0.2) is 53.5 Å². The summed E-state index contributed by atoms with van der Waals surface area (Å²) in [6, 6.07) is 10.5. The summed E-state index contributed by atoms with van der Waals surface area (Å²) in [6.45, 7) is 2.08. The number of aryl methyl sites for hydroxylation is 2. The van der Waals surface area contributed by atoms with E-state index in [1.54, 1.807) is 34.0 Å². The number of fused-ring (bicyclic) bond motifs is 1. The normalized spacial score (nSPS) is 13.4. The summed E-state index contributed by atoms with van der Waals surface area (Å²) in [4.78, 5) is 2.40. The van der Waals surface area contributed by atoms with E-state index < -0.39 is 0 Å². The Balaban J connectivity index is 1.48. The summed E-state index contributed by atoms with van der Waals surface area (Å²) in [5, 5.41) is 0. The Morgan fingerprint density at radius 2 is 1.28 bits per heavy atom. The van der Waals surface area contributed by atoms with Crippen LogP contribution in [0.3, 0.4) is 0 Å². The molecule has 3 rings (SSSR count). The van der Waals surface area contributed by atoms with E-state index in [0.717, 1.165) is 74.6 Å². The SMILES string of the molecule is COc1ccc(CCN(C)CCC=C2CCc3cc(OC)c(OC)cc3CC2)cc1OC. The number of nitrogens with zero attached hydrogens (tertiary/aromatic N) is 1. The molecule has 0 aromatic heterocycles. The van der Waals surface area contributed by atoms with Crippen LogP contribution in [-0.2, 0) is 19.3 Å². The second-order valence-corrected chi connectivity index (χ2v) is 8.37. The lowest BCUT2D eigenvalue weighted by Crippen LogP contribution is -2.22. The summed E-state index contributed by atoms with van der Waals surface area (Å²) in [5.74, 6) is 3.23. The van der Waals surface area contributed by atoms with E-state index >= 15 is 0 Å². The van der Waals surface area contributed by atoms with Gasteiger partial charge in [0.2, 0.25) is 0 Å². The van der Waals surface area contributed by atoms with Gasteiger partial charge in [-0.05, 0) is 86.5 Å². The smallest absolute Gasteiger partial charge is 0.161 e. The zero-order chi connectivity index (χ0) is 22.9. The van der Waals surface area contributed by atoms with Crippen molar-refractivity contribution in [3.63, 3.8) is 0 Å². The Labute approximate surface area is 192 Å². The van der Waals surface area contributed by atoms with Crippen molar-refractivity contribution in [2.75, 3.05) is 48.6 Å². The first-order valence-electron chi connectivity index (χ1n) is 11.4. The number of rotatable bonds is 10. The molecule has 174 valence electrons. The van der Waals surface area contributed by atoms with Crippen LogP contribution in [0, 0.1) is 0 Å². The van der Waals surface area contributed by atoms with Gasteiger partial charge in [-0.15, -0.1) is 0 Å². The van der Waals surface area contributed by atoms with E-state index in [0.29, 0.717) is 0 Å². The molecule has 5 nitrogen and oxygen atoms in total. The highest BCUT2D eigenvalue weighted by atomic mass is 16.5. The second-order valence-electron chi connectivity index (χ2n) is 8.37. The van der Waals surface area contributed by atoms with Gasteiger partial charge in [0.1, 0.15) is 0 Å². The Hall–Kier alpha value is -2.66. The number of hydrogen-bond donors (Lipinski definition) is 0. The summed E-state index contributed by atoms with van der Waals surface area (Å²) in [5.41, 5.74) is 5.60. The molecule has 0 N–H and O–H groups in total. The van der Waals surface area contributed by atoms with Gasteiger partial charge in [-0.2, -0.15) is 0 Å². The molecule has 0 fully saturated rings. The van der Waals surface area contributed by atoms with Gasteiger partial charge in [0, 0.05) is 13.1 Å². The molecule has 5 heteroatoms. The average Bonchev–Trinajstić information content (AvgIpc) is 3.03.